The Bertz CT molecular complexity index is 442. The van der Waals surface area contributed by atoms with Gasteiger partial charge in [-0.3, -0.25) is 9.59 Å². The van der Waals surface area contributed by atoms with Gasteiger partial charge >= 0.3 is 5.97 Å². The first-order chi connectivity index (χ1) is 8.88. The molecule has 0 spiro atoms. The first kappa shape index (κ1) is 15.2. The second-order valence-corrected chi connectivity index (χ2v) is 4.73. The molecule has 1 aromatic carbocycles. The van der Waals surface area contributed by atoms with Crippen LogP contribution in [0.25, 0.3) is 0 Å². The summed E-state index contributed by atoms with van der Waals surface area (Å²) in [5.41, 5.74) is -0.315. The van der Waals surface area contributed by atoms with Crippen LogP contribution in [0.1, 0.15) is 25.3 Å². The smallest absolute Gasteiger partial charge is 0.312 e. The predicted octanol–water partition coefficient (Wildman–Crippen LogP) is 1.40. The average Bonchev–Trinajstić information content (AvgIpc) is 2.39. The Morgan fingerprint density at radius 3 is 2.37 bits per heavy atom. The number of rotatable bonds is 6. The Labute approximate surface area is 112 Å². The van der Waals surface area contributed by atoms with Crippen LogP contribution in [0.15, 0.2) is 30.3 Å². The molecule has 19 heavy (non-hydrogen) atoms. The molecule has 0 fully saturated rings. The minimum Gasteiger partial charge on any atom is -0.481 e. The molecule has 1 unspecified atom stereocenters. The molecule has 0 saturated carbocycles. The predicted molar refractivity (Wildman–Crippen MR) is 70.9 cm³/mol. The molecule has 2 N–H and O–H groups in total. The maximum absolute atomic E-state index is 11.8. The van der Waals surface area contributed by atoms with Crippen LogP contribution in [-0.4, -0.2) is 36.2 Å². The van der Waals surface area contributed by atoms with Crippen LogP contribution in [0.3, 0.4) is 0 Å². The van der Waals surface area contributed by atoms with Crippen molar-refractivity contribution >= 4 is 11.9 Å². The fourth-order valence-electron chi connectivity index (χ4n) is 1.53. The van der Waals surface area contributed by atoms with Crippen molar-refractivity contribution in [3.8, 4) is 0 Å². The summed E-state index contributed by atoms with van der Waals surface area (Å²) >= 11 is 0. The molecule has 0 aliphatic carbocycles. The topological polar surface area (TPSA) is 75.6 Å². The van der Waals surface area contributed by atoms with E-state index in [0.29, 0.717) is 5.56 Å². The Balaban J connectivity index is 2.72. The third-order valence-corrected chi connectivity index (χ3v) is 3.02. The van der Waals surface area contributed by atoms with Crippen LogP contribution in [-0.2, 0) is 14.3 Å². The second-order valence-electron chi connectivity index (χ2n) is 4.73. The second kappa shape index (κ2) is 6.33. The fraction of sp³-hybridized carbons (Fsp3) is 0.429. The summed E-state index contributed by atoms with van der Waals surface area (Å²) in [7, 11) is 1.44. The van der Waals surface area contributed by atoms with Crippen molar-refractivity contribution in [1.29, 1.82) is 0 Å². The summed E-state index contributed by atoms with van der Waals surface area (Å²) in [5.74, 6) is -2.07. The Morgan fingerprint density at radius 1 is 1.32 bits per heavy atom. The minimum atomic E-state index is -0.972. The van der Waals surface area contributed by atoms with Crippen molar-refractivity contribution in [1.82, 2.24) is 5.32 Å². The maximum Gasteiger partial charge on any atom is 0.312 e. The van der Waals surface area contributed by atoms with Gasteiger partial charge in [0.25, 0.3) is 5.91 Å². The monoisotopic (exact) mass is 265 g/mol. The van der Waals surface area contributed by atoms with E-state index in [2.05, 4.69) is 5.32 Å². The first-order valence-electron chi connectivity index (χ1n) is 5.99. The molecular weight excluding hydrogens is 246 g/mol. The largest absolute Gasteiger partial charge is 0.481 e. The van der Waals surface area contributed by atoms with Gasteiger partial charge in [-0.15, -0.1) is 0 Å². The summed E-state index contributed by atoms with van der Waals surface area (Å²) in [6.45, 7) is 3.28. The van der Waals surface area contributed by atoms with E-state index >= 15 is 0 Å². The number of hydrogen-bond acceptors (Lipinski definition) is 3. The standard InChI is InChI=1S/C14H19NO4/c1-14(2,19-3)13(18)15-9-11(12(16)17)10-7-5-4-6-8-10/h4-8,11H,9H2,1-3H3,(H,15,18)(H,16,17). The van der Waals surface area contributed by atoms with Crippen LogP contribution >= 0.6 is 0 Å². The normalized spacial score (nSPS) is 12.8. The molecule has 1 amide bonds. The lowest BCUT2D eigenvalue weighted by Gasteiger charge is -2.23. The van der Waals surface area contributed by atoms with Crippen molar-refractivity contribution in [2.75, 3.05) is 13.7 Å². The van der Waals surface area contributed by atoms with Crippen LogP contribution in [0.2, 0.25) is 0 Å². The van der Waals surface area contributed by atoms with Crippen molar-refractivity contribution in [2.24, 2.45) is 0 Å². The number of carbonyl (C=O) groups excluding carboxylic acids is 1. The van der Waals surface area contributed by atoms with Crippen LogP contribution in [0.4, 0.5) is 0 Å². The van der Waals surface area contributed by atoms with Gasteiger partial charge in [-0.25, -0.2) is 0 Å². The van der Waals surface area contributed by atoms with E-state index in [9.17, 15) is 14.7 Å². The zero-order valence-electron chi connectivity index (χ0n) is 11.3. The summed E-state index contributed by atoms with van der Waals surface area (Å²) in [6, 6.07) is 8.81. The fourth-order valence-corrected chi connectivity index (χ4v) is 1.53. The zero-order valence-corrected chi connectivity index (χ0v) is 11.3. The highest BCUT2D eigenvalue weighted by atomic mass is 16.5. The number of benzene rings is 1. The van der Waals surface area contributed by atoms with Gasteiger partial charge < -0.3 is 15.2 Å². The summed E-state index contributed by atoms with van der Waals surface area (Å²) in [5, 5.41) is 11.8. The number of methoxy groups -OCH3 is 1. The highest BCUT2D eigenvalue weighted by Gasteiger charge is 2.28. The molecule has 5 nitrogen and oxygen atoms in total. The highest BCUT2D eigenvalue weighted by Crippen LogP contribution is 2.15. The number of amides is 1. The van der Waals surface area contributed by atoms with Gasteiger partial charge in [-0.1, -0.05) is 30.3 Å². The van der Waals surface area contributed by atoms with E-state index in [4.69, 9.17) is 4.74 Å². The Kier molecular flexibility index (Phi) is 5.06. The summed E-state index contributed by atoms with van der Waals surface area (Å²) in [4.78, 5) is 23.1. The highest BCUT2D eigenvalue weighted by molar-refractivity contribution is 5.85. The molecule has 0 radical (unpaired) electrons. The molecule has 1 atom stereocenters. The van der Waals surface area contributed by atoms with Crippen LogP contribution in [0, 0.1) is 0 Å². The molecule has 0 aliphatic rings. The molecule has 1 rings (SSSR count). The number of carbonyl (C=O) groups is 2. The van der Waals surface area contributed by atoms with Crippen molar-refractivity contribution in [3.05, 3.63) is 35.9 Å². The van der Waals surface area contributed by atoms with Gasteiger partial charge in [-0.2, -0.15) is 0 Å². The van der Waals surface area contributed by atoms with E-state index in [0.717, 1.165) is 0 Å². The van der Waals surface area contributed by atoms with Gasteiger partial charge in [0.2, 0.25) is 0 Å². The van der Waals surface area contributed by atoms with E-state index in [1.165, 1.54) is 7.11 Å². The number of carboxylic acids is 1. The molecule has 5 heteroatoms. The lowest BCUT2D eigenvalue weighted by atomic mass is 9.99. The Hall–Kier alpha value is -1.88. The van der Waals surface area contributed by atoms with Gasteiger partial charge in [0.1, 0.15) is 5.60 Å². The lowest BCUT2D eigenvalue weighted by Crippen LogP contribution is -2.45. The van der Waals surface area contributed by atoms with E-state index < -0.39 is 17.5 Å². The van der Waals surface area contributed by atoms with E-state index in [-0.39, 0.29) is 12.5 Å². The molecule has 1 aromatic rings. The summed E-state index contributed by atoms with van der Waals surface area (Å²) in [6.07, 6.45) is 0. The SMILES string of the molecule is COC(C)(C)C(=O)NCC(C(=O)O)c1ccccc1. The van der Waals surface area contributed by atoms with Crippen LogP contribution < -0.4 is 5.32 Å². The molecule has 0 aromatic heterocycles. The molecule has 104 valence electrons. The lowest BCUT2D eigenvalue weighted by molar-refractivity contribution is -0.141. The van der Waals surface area contributed by atoms with Gasteiger partial charge in [0.05, 0.1) is 5.92 Å². The minimum absolute atomic E-state index is 0.0327. The molecule has 0 heterocycles. The van der Waals surface area contributed by atoms with Crippen molar-refractivity contribution in [2.45, 2.75) is 25.4 Å². The van der Waals surface area contributed by atoms with Gasteiger partial charge in [-0.05, 0) is 19.4 Å². The van der Waals surface area contributed by atoms with Crippen LogP contribution in [0.5, 0.6) is 0 Å². The van der Waals surface area contributed by atoms with Gasteiger partial charge in [0, 0.05) is 13.7 Å². The molecule has 0 bridgehead atoms. The quantitative estimate of drug-likeness (QED) is 0.815. The number of nitrogens with one attached hydrogen (secondary N) is 1. The van der Waals surface area contributed by atoms with E-state index in [1.807, 2.05) is 6.07 Å². The molecule has 0 aliphatic heterocycles. The average molecular weight is 265 g/mol. The first-order valence-corrected chi connectivity index (χ1v) is 5.99. The van der Waals surface area contributed by atoms with Crippen molar-refractivity contribution in [3.63, 3.8) is 0 Å². The molecule has 0 saturated heterocycles. The number of aliphatic carboxylic acids is 1. The third-order valence-electron chi connectivity index (χ3n) is 3.02. The van der Waals surface area contributed by atoms with Gasteiger partial charge in [0.15, 0.2) is 0 Å². The molecular formula is C14H19NO4. The Morgan fingerprint density at radius 2 is 1.89 bits per heavy atom. The number of ether oxygens (including phenoxy) is 1. The summed E-state index contributed by atoms with van der Waals surface area (Å²) < 4.78 is 5.04. The number of carboxylic acid groups (broad SMARTS) is 1. The van der Waals surface area contributed by atoms with E-state index in [1.54, 1.807) is 38.1 Å². The maximum atomic E-state index is 11.8. The number of hydrogen-bond donors (Lipinski definition) is 2. The zero-order chi connectivity index (χ0) is 14.5. The third kappa shape index (κ3) is 4.06. The van der Waals surface area contributed by atoms with Crippen molar-refractivity contribution < 1.29 is 19.4 Å².